The molecule has 8 nitrogen and oxygen atoms in total. The van der Waals surface area contributed by atoms with Gasteiger partial charge in [0.1, 0.15) is 11.3 Å². The van der Waals surface area contributed by atoms with E-state index in [0.717, 1.165) is 67.3 Å². The van der Waals surface area contributed by atoms with E-state index in [9.17, 15) is 0 Å². The Kier molecular flexibility index (Phi) is 6.86. The van der Waals surface area contributed by atoms with Crippen LogP contribution in [-0.2, 0) is 17.7 Å². The predicted molar refractivity (Wildman–Crippen MR) is 122 cm³/mol. The van der Waals surface area contributed by atoms with Crippen molar-refractivity contribution in [2.24, 2.45) is 5.92 Å². The van der Waals surface area contributed by atoms with Crippen LogP contribution >= 0.6 is 0 Å². The molecule has 31 heavy (non-hydrogen) atoms. The van der Waals surface area contributed by atoms with Crippen molar-refractivity contribution < 1.29 is 9.47 Å². The Morgan fingerprint density at radius 2 is 2.13 bits per heavy atom. The molecule has 8 heteroatoms. The number of hydrogen-bond donors (Lipinski definition) is 2. The summed E-state index contributed by atoms with van der Waals surface area (Å²) in [6.07, 6.45) is 7.53. The van der Waals surface area contributed by atoms with Crippen LogP contribution in [0.15, 0.2) is 24.4 Å². The Labute approximate surface area is 183 Å². The van der Waals surface area contributed by atoms with Gasteiger partial charge in [-0.15, -0.1) is 0 Å². The number of aryl methyl sites for hydroxylation is 1. The lowest BCUT2D eigenvalue weighted by Gasteiger charge is -2.25. The lowest BCUT2D eigenvalue weighted by Crippen LogP contribution is -2.27. The van der Waals surface area contributed by atoms with Crippen LogP contribution in [0.4, 0.5) is 11.8 Å². The first-order valence-electron chi connectivity index (χ1n) is 11.1. The molecule has 1 aliphatic rings. The number of rotatable bonds is 11. The second-order valence-corrected chi connectivity index (χ2v) is 8.21. The van der Waals surface area contributed by atoms with E-state index in [1.807, 2.05) is 10.9 Å². The summed E-state index contributed by atoms with van der Waals surface area (Å²) in [5, 5.41) is 8.05. The molecule has 0 bridgehead atoms. The van der Waals surface area contributed by atoms with Gasteiger partial charge in [-0.25, -0.2) is 4.98 Å². The van der Waals surface area contributed by atoms with Gasteiger partial charge in [0.05, 0.1) is 33.1 Å². The fraction of sp³-hybridized carbons (Fsp3) is 0.522. The van der Waals surface area contributed by atoms with E-state index >= 15 is 0 Å². The Morgan fingerprint density at radius 1 is 1.26 bits per heavy atom. The summed E-state index contributed by atoms with van der Waals surface area (Å²) in [6, 6.07) is 6.46. The van der Waals surface area contributed by atoms with Gasteiger partial charge in [0, 0.05) is 18.0 Å². The van der Waals surface area contributed by atoms with Crippen molar-refractivity contribution in [3.63, 3.8) is 0 Å². The van der Waals surface area contributed by atoms with Crippen LogP contribution in [0.5, 0.6) is 5.75 Å². The summed E-state index contributed by atoms with van der Waals surface area (Å²) >= 11 is 0. The maximum atomic E-state index is 5.90. The second-order valence-electron chi connectivity index (χ2n) is 8.21. The number of aromatic nitrogens is 4. The molecule has 0 atom stereocenters. The first-order chi connectivity index (χ1) is 15.2. The van der Waals surface area contributed by atoms with Crippen LogP contribution in [-0.4, -0.2) is 46.6 Å². The average molecular weight is 425 g/mol. The summed E-state index contributed by atoms with van der Waals surface area (Å²) in [5.41, 5.74) is 9.75. The molecule has 3 N–H and O–H groups in total. The molecule has 0 unspecified atom stereocenters. The van der Waals surface area contributed by atoms with E-state index in [0.29, 0.717) is 12.4 Å². The zero-order valence-electron chi connectivity index (χ0n) is 18.4. The minimum atomic E-state index is 0.251. The monoisotopic (exact) mass is 424 g/mol. The molecular formula is C23H32N6O2. The van der Waals surface area contributed by atoms with Crippen molar-refractivity contribution >= 4 is 22.8 Å². The van der Waals surface area contributed by atoms with Crippen molar-refractivity contribution in [1.82, 2.24) is 19.7 Å². The number of ether oxygens (including phenoxy) is 2. The smallest absolute Gasteiger partial charge is 0.222 e. The van der Waals surface area contributed by atoms with E-state index in [1.165, 1.54) is 18.4 Å². The van der Waals surface area contributed by atoms with Crippen LogP contribution in [0.1, 0.15) is 43.7 Å². The molecule has 0 amide bonds. The molecule has 166 valence electrons. The summed E-state index contributed by atoms with van der Waals surface area (Å²) in [6.45, 7) is 5.42. The van der Waals surface area contributed by atoms with Gasteiger partial charge in [-0.2, -0.15) is 10.1 Å². The predicted octanol–water partition coefficient (Wildman–Crippen LogP) is 3.65. The fourth-order valence-electron chi connectivity index (χ4n) is 3.86. The molecule has 1 aromatic carbocycles. The third kappa shape index (κ3) is 5.25. The summed E-state index contributed by atoms with van der Waals surface area (Å²) in [5.74, 6) is 2.57. The maximum Gasteiger partial charge on any atom is 0.222 e. The number of hydrogen-bond acceptors (Lipinski definition) is 7. The third-order valence-corrected chi connectivity index (χ3v) is 5.72. The molecule has 0 aliphatic carbocycles. The standard InChI is InChI=1S/C23H32N6O2/c1-3-4-10-25-22-21-19(26-23(24)27-22)13-29(28-21)12-18-9-8-16(11-20(18)30-2)6-5-7-17-14-31-15-17/h8-9,11,13,17H,3-7,10,12,14-15H2,1-2H3,(H3,24,25,26,27). The highest BCUT2D eigenvalue weighted by Gasteiger charge is 2.17. The fourth-order valence-corrected chi connectivity index (χ4v) is 3.86. The van der Waals surface area contributed by atoms with E-state index in [1.54, 1.807) is 7.11 Å². The number of nitrogens with one attached hydrogen (secondary N) is 1. The first-order valence-corrected chi connectivity index (χ1v) is 11.1. The zero-order valence-corrected chi connectivity index (χ0v) is 18.4. The Morgan fingerprint density at radius 3 is 2.87 bits per heavy atom. The van der Waals surface area contributed by atoms with E-state index in [-0.39, 0.29) is 5.95 Å². The van der Waals surface area contributed by atoms with Crippen LogP contribution in [0.2, 0.25) is 0 Å². The van der Waals surface area contributed by atoms with Gasteiger partial charge in [-0.3, -0.25) is 4.68 Å². The Hall–Kier alpha value is -2.87. The van der Waals surface area contributed by atoms with Gasteiger partial charge in [-0.1, -0.05) is 25.5 Å². The van der Waals surface area contributed by atoms with Gasteiger partial charge in [0.15, 0.2) is 11.3 Å². The first kappa shape index (κ1) is 21.4. The third-order valence-electron chi connectivity index (χ3n) is 5.72. The average Bonchev–Trinajstić information content (AvgIpc) is 3.13. The molecule has 1 aliphatic heterocycles. The molecule has 0 radical (unpaired) electrons. The van der Waals surface area contributed by atoms with E-state index in [4.69, 9.17) is 20.3 Å². The SMILES string of the molecule is CCCCNc1nc(N)nc2cn(Cc3ccc(CCCC4COC4)cc3OC)nc12. The Balaban J connectivity index is 1.47. The number of nitrogen functional groups attached to an aromatic ring is 1. The van der Waals surface area contributed by atoms with Gasteiger partial charge in [0.2, 0.25) is 5.95 Å². The van der Waals surface area contributed by atoms with E-state index in [2.05, 4.69) is 40.4 Å². The topological polar surface area (TPSA) is 100 Å². The van der Waals surface area contributed by atoms with Crippen molar-refractivity contribution in [3.05, 3.63) is 35.5 Å². The molecule has 1 fully saturated rings. The molecule has 3 heterocycles. The summed E-state index contributed by atoms with van der Waals surface area (Å²) in [4.78, 5) is 8.68. The zero-order chi connectivity index (χ0) is 21.6. The highest BCUT2D eigenvalue weighted by Crippen LogP contribution is 2.25. The lowest BCUT2D eigenvalue weighted by atomic mass is 9.98. The van der Waals surface area contributed by atoms with Crippen LogP contribution in [0.3, 0.4) is 0 Å². The normalized spacial score (nSPS) is 14.0. The van der Waals surface area contributed by atoms with Crippen LogP contribution in [0, 0.1) is 5.92 Å². The molecule has 2 aromatic heterocycles. The second kappa shape index (κ2) is 9.96. The molecule has 0 saturated carbocycles. The number of methoxy groups -OCH3 is 1. The number of benzene rings is 1. The van der Waals surface area contributed by atoms with E-state index < -0.39 is 0 Å². The van der Waals surface area contributed by atoms with Gasteiger partial charge in [0.25, 0.3) is 0 Å². The molecule has 4 rings (SSSR count). The van der Waals surface area contributed by atoms with Crippen LogP contribution < -0.4 is 15.8 Å². The molecule has 0 spiro atoms. The number of unbranched alkanes of at least 4 members (excludes halogenated alkanes) is 1. The Bertz CT molecular complexity index is 1010. The minimum Gasteiger partial charge on any atom is -0.496 e. The number of nitrogens with two attached hydrogens (primary N) is 1. The van der Waals surface area contributed by atoms with Crippen molar-refractivity contribution in [2.45, 2.75) is 45.6 Å². The van der Waals surface area contributed by atoms with Crippen molar-refractivity contribution in [3.8, 4) is 5.75 Å². The number of anilines is 2. The van der Waals surface area contributed by atoms with Crippen molar-refractivity contribution in [2.75, 3.05) is 37.9 Å². The minimum absolute atomic E-state index is 0.251. The van der Waals surface area contributed by atoms with Crippen molar-refractivity contribution in [1.29, 1.82) is 0 Å². The number of nitrogens with zero attached hydrogens (tertiary/aromatic N) is 4. The highest BCUT2D eigenvalue weighted by molar-refractivity contribution is 5.85. The lowest BCUT2D eigenvalue weighted by molar-refractivity contribution is -0.0361. The maximum absolute atomic E-state index is 5.90. The van der Waals surface area contributed by atoms with Gasteiger partial charge in [-0.05, 0) is 37.3 Å². The number of fused-ring (bicyclic) bond motifs is 1. The quantitative estimate of drug-likeness (QED) is 0.453. The largest absolute Gasteiger partial charge is 0.496 e. The molecule has 1 saturated heterocycles. The van der Waals surface area contributed by atoms with Gasteiger partial charge >= 0.3 is 0 Å². The highest BCUT2D eigenvalue weighted by atomic mass is 16.5. The van der Waals surface area contributed by atoms with Gasteiger partial charge < -0.3 is 20.5 Å². The van der Waals surface area contributed by atoms with Crippen LogP contribution in [0.25, 0.3) is 11.0 Å². The summed E-state index contributed by atoms with van der Waals surface area (Å²) < 4.78 is 12.8. The molecular weight excluding hydrogens is 392 g/mol. The summed E-state index contributed by atoms with van der Waals surface area (Å²) in [7, 11) is 1.72. The molecule has 3 aromatic rings.